The maximum absolute atomic E-state index is 13.9. The molecular weight excluding hydrogens is 438 g/mol. The van der Waals surface area contributed by atoms with E-state index in [1.807, 2.05) is 67.6 Å². The molecule has 3 aromatic carbocycles. The molecule has 0 radical (unpaired) electrons. The summed E-state index contributed by atoms with van der Waals surface area (Å²) >= 11 is 0. The summed E-state index contributed by atoms with van der Waals surface area (Å²) in [7, 11) is 0. The Kier molecular flexibility index (Phi) is 7.45. The molecule has 35 heavy (non-hydrogen) atoms. The van der Waals surface area contributed by atoms with Crippen LogP contribution in [0.3, 0.4) is 0 Å². The first-order chi connectivity index (χ1) is 17.1. The van der Waals surface area contributed by atoms with Crippen molar-refractivity contribution >= 4 is 10.9 Å². The van der Waals surface area contributed by atoms with Crippen LogP contribution in [0.4, 0.5) is 0 Å². The minimum atomic E-state index is -0.145. The molecule has 174 valence electrons. The van der Waals surface area contributed by atoms with Crippen LogP contribution in [-0.2, 0) is 19.4 Å². The lowest BCUT2D eigenvalue weighted by molar-refractivity contribution is 0.352. The van der Waals surface area contributed by atoms with Crippen LogP contribution in [0.15, 0.2) is 77.6 Å². The van der Waals surface area contributed by atoms with Gasteiger partial charge < -0.3 is 14.0 Å². The predicted molar refractivity (Wildman–Crippen MR) is 135 cm³/mol. The van der Waals surface area contributed by atoms with Gasteiger partial charge >= 0.3 is 0 Å². The number of rotatable bonds is 9. The van der Waals surface area contributed by atoms with E-state index in [4.69, 9.17) is 20.0 Å². The Morgan fingerprint density at radius 3 is 2.11 bits per heavy atom. The lowest BCUT2D eigenvalue weighted by atomic mass is 9.97. The normalized spacial score (nSPS) is 10.5. The molecule has 0 N–H and O–H groups in total. The molecule has 0 aliphatic rings. The Labute approximate surface area is 204 Å². The van der Waals surface area contributed by atoms with Gasteiger partial charge in [-0.3, -0.25) is 4.79 Å². The van der Waals surface area contributed by atoms with Gasteiger partial charge in [-0.15, -0.1) is 0 Å². The molecule has 0 atom stereocenters. The Bertz CT molecular complexity index is 1460. The standard InChI is InChI=1S/C29H25N3O3/c1-21-25(13-12-22-8-4-2-5-9-22)29(33)32(20-23-10-6-3-7-11-23)26-18-24(34-16-14-30)19-27(28(21)26)35-17-15-31/h2-11,18-19H,12-13,16-17,20H2,1H3. The maximum Gasteiger partial charge on any atom is 0.254 e. The number of nitrogens with zero attached hydrogens (tertiary/aromatic N) is 3. The van der Waals surface area contributed by atoms with Crippen LogP contribution >= 0.6 is 0 Å². The largest absolute Gasteiger partial charge is 0.479 e. The van der Waals surface area contributed by atoms with Crippen molar-refractivity contribution in [3.8, 4) is 23.6 Å². The summed E-state index contributed by atoms with van der Waals surface area (Å²) < 4.78 is 13.1. The lowest BCUT2D eigenvalue weighted by Crippen LogP contribution is -2.27. The van der Waals surface area contributed by atoms with E-state index in [1.165, 1.54) is 0 Å². The van der Waals surface area contributed by atoms with Crippen molar-refractivity contribution in [1.29, 1.82) is 10.5 Å². The molecule has 0 aliphatic carbocycles. The predicted octanol–water partition coefficient (Wildman–Crippen LogP) is 4.95. The summed E-state index contributed by atoms with van der Waals surface area (Å²) in [5.74, 6) is 0.863. The van der Waals surface area contributed by atoms with Crippen molar-refractivity contribution in [2.45, 2.75) is 26.3 Å². The first-order valence-electron chi connectivity index (χ1n) is 11.4. The van der Waals surface area contributed by atoms with Crippen molar-refractivity contribution < 1.29 is 9.47 Å². The molecule has 1 heterocycles. The minimum Gasteiger partial charge on any atom is -0.479 e. The lowest BCUT2D eigenvalue weighted by Gasteiger charge is -2.20. The molecule has 4 rings (SSSR count). The van der Waals surface area contributed by atoms with Gasteiger partial charge in [0.15, 0.2) is 13.2 Å². The average Bonchev–Trinajstić information content (AvgIpc) is 2.89. The third-order valence-corrected chi connectivity index (χ3v) is 5.96. The van der Waals surface area contributed by atoms with E-state index in [-0.39, 0.29) is 18.8 Å². The van der Waals surface area contributed by atoms with Gasteiger partial charge in [0, 0.05) is 23.1 Å². The fourth-order valence-corrected chi connectivity index (χ4v) is 4.30. The van der Waals surface area contributed by atoms with E-state index in [9.17, 15) is 4.79 Å². The number of benzene rings is 3. The van der Waals surface area contributed by atoms with Crippen molar-refractivity contribution in [3.05, 3.63) is 105 Å². The van der Waals surface area contributed by atoms with Gasteiger partial charge in [0.05, 0.1) is 12.1 Å². The molecule has 6 nitrogen and oxygen atoms in total. The molecule has 0 spiro atoms. The SMILES string of the molecule is Cc1c(CCc2ccccc2)c(=O)n(Cc2ccccc2)c2cc(OCC#N)cc(OCC#N)c12. The number of ether oxygens (including phenoxy) is 2. The molecule has 0 amide bonds. The number of aryl methyl sites for hydroxylation is 2. The van der Waals surface area contributed by atoms with Crippen LogP contribution in [0, 0.1) is 29.6 Å². The summed E-state index contributed by atoms with van der Waals surface area (Å²) in [6.07, 6.45) is 1.30. The van der Waals surface area contributed by atoms with Crippen molar-refractivity contribution in [3.63, 3.8) is 0 Å². The molecule has 0 unspecified atom stereocenters. The second kappa shape index (κ2) is 11.0. The Balaban J connectivity index is 1.93. The van der Waals surface area contributed by atoms with E-state index >= 15 is 0 Å². The number of aromatic nitrogens is 1. The Morgan fingerprint density at radius 2 is 1.46 bits per heavy atom. The molecule has 6 heteroatoms. The number of nitriles is 2. The van der Waals surface area contributed by atoms with E-state index in [1.54, 1.807) is 16.7 Å². The third-order valence-electron chi connectivity index (χ3n) is 5.96. The molecular formula is C29H25N3O3. The smallest absolute Gasteiger partial charge is 0.254 e. The first-order valence-corrected chi connectivity index (χ1v) is 11.4. The van der Waals surface area contributed by atoms with Gasteiger partial charge in [-0.25, -0.2) is 0 Å². The van der Waals surface area contributed by atoms with E-state index < -0.39 is 0 Å². The van der Waals surface area contributed by atoms with Crippen LogP contribution in [-0.4, -0.2) is 17.8 Å². The first kappa shape index (κ1) is 23.6. The summed E-state index contributed by atoms with van der Waals surface area (Å²) in [5, 5.41) is 18.9. The molecule has 0 aliphatic heterocycles. The molecule has 1 aromatic heterocycles. The summed E-state index contributed by atoms with van der Waals surface area (Å²) in [6.45, 7) is 2.01. The van der Waals surface area contributed by atoms with Gasteiger partial charge in [-0.05, 0) is 36.5 Å². The van der Waals surface area contributed by atoms with Crippen LogP contribution in [0.25, 0.3) is 10.9 Å². The van der Waals surface area contributed by atoms with E-state index in [2.05, 4.69) is 12.1 Å². The second-order valence-corrected chi connectivity index (χ2v) is 8.18. The van der Waals surface area contributed by atoms with Gasteiger partial charge in [-0.1, -0.05) is 60.7 Å². The van der Waals surface area contributed by atoms with Crippen LogP contribution in [0.2, 0.25) is 0 Å². The van der Waals surface area contributed by atoms with Gasteiger partial charge in [0.25, 0.3) is 5.56 Å². The zero-order valence-corrected chi connectivity index (χ0v) is 19.5. The topological polar surface area (TPSA) is 88.0 Å². The van der Waals surface area contributed by atoms with Gasteiger partial charge in [-0.2, -0.15) is 10.5 Å². The highest BCUT2D eigenvalue weighted by atomic mass is 16.5. The van der Waals surface area contributed by atoms with Crippen molar-refractivity contribution in [1.82, 2.24) is 4.57 Å². The monoisotopic (exact) mass is 463 g/mol. The molecule has 4 aromatic rings. The maximum atomic E-state index is 13.9. The fourth-order valence-electron chi connectivity index (χ4n) is 4.30. The summed E-state index contributed by atoms with van der Waals surface area (Å²) in [5.41, 5.74) is 4.25. The zero-order chi connectivity index (χ0) is 24.6. The van der Waals surface area contributed by atoms with Crippen molar-refractivity contribution in [2.24, 2.45) is 0 Å². The summed E-state index contributed by atoms with van der Waals surface area (Å²) in [6, 6.07) is 27.3. The number of pyridine rings is 1. The van der Waals surface area contributed by atoms with E-state index in [0.29, 0.717) is 35.5 Å². The van der Waals surface area contributed by atoms with Crippen molar-refractivity contribution in [2.75, 3.05) is 13.2 Å². The molecule has 0 saturated heterocycles. The minimum absolute atomic E-state index is 0.0709. The quantitative estimate of drug-likeness (QED) is 0.351. The molecule has 0 bridgehead atoms. The van der Waals surface area contributed by atoms with Gasteiger partial charge in [0.2, 0.25) is 0 Å². The molecule has 0 fully saturated rings. The number of fused-ring (bicyclic) bond motifs is 1. The Hall–Kier alpha value is -4.55. The second-order valence-electron chi connectivity index (χ2n) is 8.18. The highest BCUT2D eigenvalue weighted by Gasteiger charge is 2.19. The zero-order valence-electron chi connectivity index (χ0n) is 19.5. The number of hydrogen-bond donors (Lipinski definition) is 0. The Morgan fingerprint density at radius 1 is 0.829 bits per heavy atom. The summed E-state index contributed by atoms with van der Waals surface area (Å²) in [4.78, 5) is 13.9. The van der Waals surface area contributed by atoms with Crippen LogP contribution in [0.1, 0.15) is 22.3 Å². The fraction of sp³-hybridized carbons (Fsp3) is 0.207. The van der Waals surface area contributed by atoms with Gasteiger partial charge in [0.1, 0.15) is 23.6 Å². The molecule has 0 saturated carbocycles. The average molecular weight is 464 g/mol. The highest BCUT2D eigenvalue weighted by Crippen LogP contribution is 2.35. The third kappa shape index (κ3) is 5.34. The number of hydrogen-bond acceptors (Lipinski definition) is 5. The van der Waals surface area contributed by atoms with Crippen LogP contribution in [0.5, 0.6) is 11.5 Å². The van der Waals surface area contributed by atoms with E-state index in [0.717, 1.165) is 28.5 Å². The highest BCUT2D eigenvalue weighted by molar-refractivity contribution is 5.91. The van der Waals surface area contributed by atoms with Crippen LogP contribution < -0.4 is 15.0 Å².